The number of carbonyl (C=O) groups excluding carboxylic acids is 1. The van der Waals surface area contributed by atoms with E-state index in [0.717, 1.165) is 24.1 Å². The number of unbranched alkanes of at least 4 members (excludes halogenated alkanes) is 2. The number of anilines is 1. The van der Waals surface area contributed by atoms with Crippen LogP contribution in [0.5, 0.6) is 0 Å². The van der Waals surface area contributed by atoms with Crippen molar-refractivity contribution in [2.24, 2.45) is 0 Å². The van der Waals surface area contributed by atoms with Gasteiger partial charge in [0.15, 0.2) is 0 Å². The van der Waals surface area contributed by atoms with E-state index in [9.17, 15) is 9.59 Å². The third-order valence-electron chi connectivity index (χ3n) is 3.75. The number of carboxylic acids is 1. The molecule has 0 saturated carbocycles. The first kappa shape index (κ1) is 15.1. The fourth-order valence-electron chi connectivity index (χ4n) is 2.76. The molecule has 1 aliphatic heterocycles. The summed E-state index contributed by atoms with van der Waals surface area (Å²) in [5.74, 6) is 1.66. The Morgan fingerprint density at radius 2 is 2.10 bits per heavy atom. The highest BCUT2D eigenvalue weighted by atomic mass is 16.4. The van der Waals surface area contributed by atoms with Gasteiger partial charge in [0.25, 0.3) is 0 Å². The Bertz CT molecular complexity index is 574. The molecule has 2 rings (SSSR count). The lowest BCUT2D eigenvalue weighted by Crippen LogP contribution is -2.29. The highest BCUT2D eigenvalue weighted by molar-refractivity contribution is 5.96. The molecule has 0 radical (unpaired) electrons. The molecule has 0 bridgehead atoms. The molecule has 1 atom stereocenters. The molecular weight excluding hydrogens is 266 g/mol. The molecule has 0 saturated heterocycles. The Balaban J connectivity index is 2.06. The van der Waals surface area contributed by atoms with Crippen LogP contribution in [-0.2, 0) is 9.59 Å². The smallest absolute Gasteiger partial charge is 0.304 e. The normalized spacial score (nSPS) is 16.3. The summed E-state index contributed by atoms with van der Waals surface area (Å²) in [5.41, 5.74) is 1.81. The molecule has 21 heavy (non-hydrogen) atoms. The molecule has 1 aliphatic rings. The Hall–Kier alpha value is -2.28. The van der Waals surface area contributed by atoms with Crippen LogP contribution in [0.3, 0.4) is 0 Å². The number of hydrogen-bond donors (Lipinski definition) is 1. The highest BCUT2D eigenvalue weighted by Crippen LogP contribution is 2.38. The van der Waals surface area contributed by atoms with Crippen LogP contribution in [-0.4, -0.2) is 23.5 Å². The Labute approximate surface area is 124 Å². The van der Waals surface area contributed by atoms with Crippen LogP contribution in [0.25, 0.3) is 0 Å². The maximum atomic E-state index is 12.3. The first-order valence-electron chi connectivity index (χ1n) is 7.18. The number of benzene rings is 1. The van der Waals surface area contributed by atoms with Crippen LogP contribution in [0.15, 0.2) is 24.3 Å². The summed E-state index contributed by atoms with van der Waals surface area (Å²) in [5, 5.41) is 9.00. The zero-order valence-corrected chi connectivity index (χ0v) is 11.9. The summed E-state index contributed by atoms with van der Waals surface area (Å²) in [7, 11) is 0. The molecule has 110 valence electrons. The van der Waals surface area contributed by atoms with Gasteiger partial charge in [0, 0.05) is 31.0 Å². The lowest BCUT2D eigenvalue weighted by molar-refractivity contribution is -0.137. The average Bonchev–Trinajstić information content (AvgIpc) is 2.82. The second kappa shape index (κ2) is 6.94. The fraction of sp³-hybridized carbons (Fsp3) is 0.412. The van der Waals surface area contributed by atoms with Gasteiger partial charge in [-0.05, 0) is 24.5 Å². The molecule has 1 N–H and O–H groups in total. The Kier molecular flexibility index (Phi) is 4.99. The summed E-state index contributed by atoms with van der Waals surface area (Å²) in [6.07, 6.45) is 8.00. The summed E-state index contributed by atoms with van der Waals surface area (Å²) in [6, 6.07) is 7.56. The minimum Gasteiger partial charge on any atom is -0.481 e. The number of para-hydroxylation sites is 1. The molecule has 1 heterocycles. The van der Waals surface area contributed by atoms with Gasteiger partial charge < -0.3 is 10.0 Å². The van der Waals surface area contributed by atoms with Crippen molar-refractivity contribution in [1.29, 1.82) is 0 Å². The van der Waals surface area contributed by atoms with Crippen LogP contribution >= 0.6 is 0 Å². The van der Waals surface area contributed by atoms with Gasteiger partial charge in [-0.3, -0.25) is 9.59 Å². The van der Waals surface area contributed by atoms with Gasteiger partial charge in [-0.2, -0.15) is 0 Å². The third kappa shape index (κ3) is 3.63. The molecule has 4 heteroatoms. The molecular formula is C17H19NO3. The molecule has 0 aromatic heterocycles. The van der Waals surface area contributed by atoms with Gasteiger partial charge >= 0.3 is 5.97 Å². The summed E-state index contributed by atoms with van der Waals surface area (Å²) < 4.78 is 0. The molecule has 1 amide bonds. The minimum atomic E-state index is -0.835. The van der Waals surface area contributed by atoms with Crippen molar-refractivity contribution >= 4 is 17.6 Å². The lowest BCUT2D eigenvalue weighted by atomic mass is 9.98. The van der Waals surface area contributed by atoms with Crippen molar-refractivity contribution in [2.45, 2.75) is 38.0 Å². The van der Waals surface area contributed by atoms with E-state index in [1.165, 1.54) is 0 Å². The summed E-state index contributed by atoms with van der Waals surface area (Å²) in [6.45, 7) is 0.458. The van der Waals surface area contributed by atoms with E-state index in [0.29, 0.717) is 19.4 Å². The number of nitrogens with zero attached hydrogens (tertiary/aromatic N) is 1. The van der Waals surface area contributed by atoms with E-state index in [-0.39, 0.29) is 18.2 Å². The largest absolute Gasteiger partial charge is 0.481 e. The van der Waals surface area contributed by atoms with Crippen LogP contribution in [0, 0.1) is 12.3 Å². The van der Waals surface area contributed by atoms with Gasteiger partial charge in [0.1, 0.15) is 0 Å². The maximum absolute atomic E-state index is 12.3. The van der Waals surface area contributed by atoms with E-state index in [2.05, 4.69) is 5.92 Å². The van der Waals surface area contributed by atoms with E-state index in [1.807, 2.05) is 24.3 Å². The molecule has 1 aromatic carbocycles. The van der Waals surface area contributed by atoms with Crippen LogP contribution < -0.4 is 4.90 Å². The van der Waals surface area contributed by atoms with Crippen molar-refractivity contribution in [2.75, 3.05) is 11.4 Å². The van der Waals surface area contributed by atoms with E-state index < -0.39 is 5.97 Å². The molecule has 4 nitrogen and oxygen atoms in total. The summed E-state index contributed by atoms with van der Waals surface area (Å²) >= 11 is 0. The first-order valence-corrected chi connectivity index (χ1v) is 7.18. The molecule has 0 spiro atoms. The Morgan fingerprint density at radius 1 is 1.33 bits per heavy atom. The van der Waals surface area contributed by atoms with Crippen molar-refractivity contribution in [3.8, 4) is 12.3 Å². The lowest BCUT2D eigenvalue weighted by Gasteiger charge is -2.17. The van der Waals surface area contributed by atoms with Gasteiger partial charge in [-0.25, -0.2) is 0 Å². The van der Waals surface area contributed by atoms with Crippen LogP contribution in [0.4, 0.5) is 5.69 Å². The number of amides is 1. The highest BCUT2D eigenvalue weighted by Gasteiger charge is 2.32. The SMILES string of the molecule is C#CCCCCC(=O)N1CC(CC(=O)O)c2ccccc21. The quantitative estimate of drug-likeness (QED) is 0.646. The maximum Gasteiger partial charge on any atom is 0.304 e. The van der Waals surface area contributed by atoms with Gasteiger partial charge in [0.2, 0.25) is 5.91 Å². The number of aliphatic carboxylic acids is 1. The standard InChI is InChI=1S/C17H19NO3/c1-2-3-4-5-10-16(19)18-12-13(11-17(20)21)14-8-6-7-9-15(14)18/h1,6-9,13H,3-5,10-12H2,(H,20,21). The van der Waals surface area contributed by atoms with E-state index in [1.54, 1.807) is 4.90 Å². The second-order valence-electron chi connectivity index (χ2n) is 5.27. The van der Waals surface area contributed by atoms with Gasteiger partial charge in [0.05, 0.1) is 6.42 Å². The second-order valence-corrected chi connectivity index (χ2v) is 5.27. The van der Waals surface area contributed by atoms with Gasteiger partial charge in [-0.1, -0.05) is 18.2 Å². The first-order chi connectivity index (χ1) is 10.1. The van der Waals surface area contributed by atoms with Crippen LogP contribution in [0.1, 0.15) is 43.6 Å². The van der Waals surface area contributed by atoms with Crippen molar-refractivity contribution in [3.63, 3.8) is 0 Å². The van der Waals surface area contributed by atoms with E-state index in [4.69, 9.17) is 11.5 Å². The topological polar surface area (TPSA) is 57.6 Å². The van der Waals surface area contributed by atoms with Crippen molar-refractivity contribution in [1.82, 2.24) is 0 Å². The summed E-state index contributed by atoms with van der Waals surface area (Å²) in [4.78, 5) is 25.0. The monoisotopic (exact) mass is 285 g/mol. The number of terminal acetylenes is 1. The van der Waals surface area contributed by atoms with Crippen molar-refractivity contribution < 1.29 is 14.7 Å². The minimum absolute atomic E-state index is 0.0485. The number of hydrogen-bond acceptors (Lipinski definition) is 2. The van der Waals surface area contributed by atoms with E-state index >= 15 is 0 Å². The zero-order valence-electron chi connectivity index (χ0n) is 11.9. The number of carboxylic acid groups (broad SMARTS) is 1. The molecule has 1 unspecified atom stereocenters. The Morgan fingerprint density at radius 3 is 2.81 bits per heavy atom. The number of rotatable bonds is 6. The number of carbonyl (C=O) groups is 2. The average molecular weight is 285 g/mol. The van der Waals surface area contributed by atoms with Crippen LogP contribution in [0.2, 0.25) is 0 Å². The molecule has 1 aromatic rings. The predicted octanol–water partition coefficient (Wildman–Crippen LogP) is 2.79. The van der Waals surface area contributed by atoms with Gasteiger partial charge in [-0.15, -0.1) is 12.3 Å². The third-order valence-corrected chi connectivity index (χ3v) is 3.75. The molecule has 0 aliphatic carbocycles. The predicted molar refractivity (Wildman–Crippen MR) is 81.1 cm³/mol. The fourth-order valence-corrected chi connectivity index (χ4v) is 2.76. The van der Waals surface area contributed by atoms with Crippen molar-refractivity contribution in [3.05, 3.63) is 29.8 Å². The number of fused-ring (bicyclic) bond motifs is 1. The zero-order chi connectivity index (χ0) is 15.2. The molecule has 0 fully saturated rings.